The summed E-state index contributed by atoms with van der Waals surface area (Å²) >= 11 is 0. The molecular weight excluding hydrogens is 206 g/mol. The van der Waals surface area contributed by atoms with E-state index >= 15 is 0 Å². The molecule has 0 fully saturated rings. The number of nitrogens with zero attached hydrogens (tertiary/aromatic N) is 2. The van der Waals surface area contributed by atoms with Gasteiger partial charge < -0.3 is 10.5 Å². The molecule has 0 aliphatic carbocycles. The zero-order valence-electron chi connectivity index (χ0n) is 9.86. The van der Waals surface area contributed by atoms with Gasteiger partial charge in [-0.1, -0.05) is 13.8 Å². The number of hydrogen-bond donors (Lipinski definition) is 1. The zero-order chi connectivity index (χ0) is 12.1. The fourth-order valence-electron chi connectivity index (χ4n) is 1.26. The number of hydrogen-bond acceptors (Lipinski definition) is 5. The average Bonchev–Trinajstić information content (AvgIpc) is 2.16. The van der Waals surface area contributed by atoms with Gasteiger partial charge in [-0.25, -0.2) is 14.8 Å². The first kappa shape index (κ1) is 12.4. The lowest BCUT2D eigenvalue weighted by molar-refractivity contribution is 0.0526. The van der Waals surface area contributed by atoms with Crippen LogP contribution in [0.3, 0.4) is 0 Å². The van der Waals surface area contributed by atoms with Crippen LogP contribution in [0, 0.1) is 5.92 Å². The highest BCUT2D eigenvalue weighted by Crippen LogP contribution is 2.11. The maximum Gasteiger partial charge on any atom is 0.343 e. The van der Waals surface area contributed by atoms with Crippen LogP contribution in [0.2, 0.25) is 0 Å². The van der Waals surface area contributed by atoms with Gasteiger partial charge in [-0.3, -0.25) is 0 Å². The molecule has 5 nitrogen and oxygen atoms in total. The first-order valence-corrected chi connectivity index (χ1v) is 5.33. The zero-order valence-corrected chi connectivity index (χ0v) is 9.86. The predicted octanol–water partition coefficient (Wildman–Crippen LogP) is 1.43. The molecule has 1 rings (SSSR count). The fourth-order valence-corrected chi connectivity index (χ4v) is 1.26. The van der Waals surface area contributed by atoms with Crippen molar-refractivity contribution in [3.8, 4) is 0 Å². The summed E-state index contributed by atoms with van der Waals surface area (Å²) in [6.45, 7) is 6.19. The number of carbonyl (C=O) groups is 1. The number of nitrogen functional groups attached to an aromatic ring is 1. The summed E-state index contributed by atoms with van der Waals surface area (Å²) in [6.07, 6.45) is 2.17. The van der Waals surface area contributed by atoms with Gasteiger partial charge in [0.15, 0.2) is 0 Å². The summed E-state index contributed by atoms with van der Waals surface area (Å²) < 4.78 is 4.83. The van der Waals surface area contributed by atoms with E-state index in [1.54, 1.807) is 6.92 Å². The van der Waals surface area contributed by atoms with Crippen LogP contribution < -0.4 is 5.73 Å². The molecule has 16 heavy (non-hydrogen) atoms. The summed E-state index contributed by atoms with van der Waals surface area (Å²) in [7, 11) is 0. The lowest BCUT2D eigenvalue weighted by Crippen LogP contribution is -2.12. The van der Waals surface area contributed by atoms with E-state index in [0.29, 0.717) is 18.3 Å². The molecule has 0 saturated heterocycles. The molecule has 2 N–H and O–H groups in total. The monoisotopic (exact) mass is 223 g/mol. The highest BCUT2D eigenvalue weighted by molar-refractivity contribution is 5.93. The van der Waals surface area contributed by atoms with Crippen molar-refractivity contribution in [2.24, 2.45) is 5.92 Å². The van der Waals surface area contributed by atoms with Crippen molar-refractivity contribution in [2.75, 3.05) is 12.3 Å². The summed E-state index contributed by atoms with van der Waals surface area (Å²) in [5, 5.41) is 0. The van der Waals surface area contributed by atoms with Crippen molar-refractivity contribution in [3.05, 3.63) is 17.6 Å². The number of anilines is 1. The third kappa shape index (κ3) is 3.18. The molecule has 0 unspecified atom stereocenters. The molecule has 0 saturated carbocycles. The molecule has 1 aromatic heterocycles. The van der Waals surface area contributed by atoms with E-state index < -0.39 is 5.97 Å². The molecule has 88 valence electrons. The largest absolute Gasteiger partial charge is 0.462 e. The van der Waals surface area contributed by atoms with Crippen molar-refractivity contribution >= 4 is 11.8 Å². The molecule has 1 aromatic rings. The third-order valence-corrected chi connectivity index (χ3v) is 1.95. The minimum Gasteiger partial charge on any atom is -0.462 e. The quantitative estimate of drug-likeness (QED) is 0.781. The van der Waals surface area contributed by atoms with E-state index in [2.05, 4.69) is 23.8 Å². The van der Waals surface area contributed by atoms with Crippen LogP contribution in [0.15, 0.2) is 6.20 Å². The van der Waals surface area contributed by atoms with Gasteiger partial charge in [-0.05, 0) is 12.8 Å². The first-order chi connectivity index (χ1) is 7.54. The minimum absolute atomic E-state index is 0.184. The molecule has 5 heteroatoms. The Hall–Kier alpha value is -1.65. The Bertz CT molecular complexity index is 377. The van der Waals surface area contributed by atoms with Crippen molar-refractivity contribution in [3.63, 3.8) is 0 Å². The van der Waals surface area contributed by atoms with Crippen LogP contribution in [-0.2, 0) is 11.2 Å². The van der Waals surface area contributed by atoms with Crippen LogP contribution in [-0.4, -0.2) is 22.5 Å². The maximum absolute atomic E-state index is 11.4. The molecule has 0 aromatic carbocycles. The average molecular weight is 223 g/mol. The molecule has 0 amide bonds. The second-order valence-corrected chi connectivity index (χ2v) is 3.90. The topological polar surface area (TPSA) is 78.1 Å². The Balaban J connectivity index is 2.87. The van der Waals surface area contributed by atoms with Gasteiger partial charge in [0, 0.05) is 12.6 Å². The Morgan fingerprint density at radius 3 is 2.75 bits per heavy atom. The molecule has 0 spiro atoms. The third-order valence-electron chi connectivity index (χ3n) is 1.95. The van der Waals surface area contributed by atoms with Gasteiger partial charge in [0.1, 0.15) is 17.2 Å². The summed E-state index contributed by atoms with van der Waals surface area (Å²) in [5.74, 6) is 0.814. The Morgan fingerprint density at radius 1 is 1.56 bits per heavy atom. The second kappa shape index (κ2) is 5.44. The summed E-state index contributed by atoms with van der Waals surface area (Å²) in [6, 6.07) is 0. The highest BCUT2D eigenvalue weighted by Gasteiger charge is 2.13. The smallest absolute Gasteiger partial charge is 0.343 e. The van der Waals surface area contributed by atoms with Crippen LogP contribution in [0.4, 0.5) is 5.82 Å². The highest BCUT2D eigenvalue weighted by atomic mass is 16.5. The minimum atomic E-state index is -0.476. The Morgan fingerprint density at radius 2 is 2.25 bits per heavy atom. The number of carbonyl (C=O) groups excluding carboxylic acids is 1. The van der Waals surface area contributed by atoms with Gasteiger partial charge in [-0.15, -0.1) is 0 Å². The van der Waals surface area contributed by atoms with Gasteiger partial charge in [0.2, 0.25) is 0 Å². The first-order valence-electron chi connectivity index (χ1n) is 5.33. The van der Waals surface area contributed by atoms with Crippen LogP contribution in [0.1, 0.15) is 37.0 Å². The molecule has 0 radical (unpaired) electrons. The van der Waals surface area contributed by atoms with E-state index in [4.69, 9.17) is 10.5 Å². The molecule has 0 aliphatic rings. The van der Waals surface area contributed by atoms with Crippen LogP contribution in [0.25, 0.3) is 0 Å². The van der Waals surface area contributed by atoms with E-state index in [1.165, 1.54) is 6.20 Å². The van der Waals surface area contributed by atoms with Crippen molar-refractivity contribution < 1.29 is 9.53 Å². The molecular formula is C11H17N3O2. The number of esters is 1. The Labute approximate surface area is 95.0 Å². The number of nitrogens with two attached hydrogens (primary N) is 1. The molecule has 1 heterocycles. The fraction of sp³-hybridized carbons (Fsp3) is 0.545. The Kier molecular flexibility index (Phi) is 4.22. The van der Waals surface area contributed by atoms with E-state index in [0.717, 1.165) is 6.42 Å². The van der Waals surface area contributed by atoms with E-state index in [-0.39, 0.29) is 11.4 Å². The van der Waals surface area contributed by atoms with Gasteiger partial charge >= 0.3 is 5.97 Å². The standard InChI is InChI=1S/C11H17N3O2/c1-4-16-11(15)8-6-13-9(5-7(2)3)14-10(8)12/h6-7H,4-5H2,1-3H3,(H2,12,13,14). The molecule has 0 atom stereocenters. The van der Waals surface area contributed by atoms with Gasteiger partial charge in [0.25, 0.3) is 0 Å². The molecule has 0 aliphatic heterocycles. The lowest BCUT2D eigenvalue weighted by Gasteiger charge is -2.07. The summed E-state index contributed by atoms with van der Waals surface area (Å²) in [5.41, 5.74) is 5.91. The predicted molar refractivity (Wildman–Crippen MR) is 60.9 cm³/mol. The van der Waals surface area contributed by atoms with E-state index in [1.807, 2.05) is 0 Å². The number of rotatable bonds is 4. The number of aromatic nitrogens is 2. The maximum atomic E-state index is 11.4. The normalized spacial score (nSPS) is 10.5. The number of ether oxygens (including phenoxy) is 1. The van der Waals surface area contributed by atoms with Crippen LogP contribution >= 0.6 is 0 Å². The second-order valence-electron chi connectivity index (χ2n) is 3.90. The van der Waals surface area contributed by atoms with Crippen molar-refractivity contribution in [1.29, 1.82) is 0 Å². The van der Waals surface area contributed by atoms with Crippen molar-refractivity contribution in [1.82, 2.24) is 9.97 Å². The van der Waals surface area contributed by atoms with E-state index in [9.17, 15) is 4.79 Å². The van der Waals surface area contributed by atoms with Crippen molar-refractivity contribution in [2.45, 2.75) is 27.2 Å². The molecule has 0 bridgehead atoms. The van der Waals surface area contributed by atoms with Gasteiger partial charge in [0.05, 0.1) is 6.61 Å². The summed E-state index contributed by atoms with van der Waals surface area (Å²) in [4.78, 5) is 19.6. The SMILES string of the molecule is CCOC(=O)c1cnc(CC(C)C)nc1N. The van der Waals surface area contributed by atoms with Crippen LogP contribution in [0.5, 0.6) is 0 Å². The lowest BCUT2D eigenvalue weighted by atomic mass is 10.1. The van der Waals surface area contributed by atoms with Gasteiger partial charge in [-0.2, -0.15) is 0 Å².